The van der Waals surface area contributed by atoms with E-state index in [1.807, 2.05) is 0 Å². The molecule has 1 N–H and O–H groups in total. The smallest absolute Gasteiger partial charge is 0.0384 e. The van der Waals surface area contributed by atoms with Gasteiger partial charge in [0, 0.05) is 16.8 Å². The number of benzene rings is 6. The van der Waals surface area contributed by atoms with Crippen molar-refractivity contribution in [1.82, 2.24) is 0 Å². The van der Waals surface area contributed by atoms with Gasteiger partial charge in [0.1, 0.15) is 0 Å². The van der Waals surface area contributed by atoms with Gasteiger partial charge in [-0.25, -0.2) is 0 Å². The third-order valence-electron chi connectivity index (χ3n) is 12.1. The fraction of sp³-hybridized carbons (Fsp3) is 0.333. The molecule has 1 heteroatoms. The van der Waals surface area contributed by atoms with E-state index in [1.165, 1.54) is 134 Å². The zero-order valence-corrected chi connectivity index (χ0v) is 33.5. The molecule has 0 aliphatic heterocycles. The minimum absolute atomic E-state index is 0.0221. The second-order valence-electron chi connectivity index (χ2n) is 16.1. The first kappa shape index (κ1) is 38.4. The molecule has 0 radical (unpaired) electrons. The van der Waals surface area contributed by atoms with Gasteiger partial charge in [0.05, 0.1) is 0 Å². The Balaban J connectivity index is 1.23. The molecular formula is C54H61N. The highest BCUT2D eigenvalue weighted by atomic mass is 14.9. The predicted octanol–water partition coefficient (Wildman–Crippen LogP) is 16.1. The van der Waals surface area contributed by atoms with Crippen molar-refractivity contribution in [3.05, 3.63) is 168 Å². The number of rotatable bonds is 20. The largest absolute Gasteiger partial charge is 0.356 e. The quantitative estimate of drug-likeness (QED) is 0.0773. The van der Waals surface area contributed by atoms with Crippen molar-refractivity contribution in [3.63, 3.8) is 0 Å². The number of unbranched alkanes of at least 4 members (excludes halogenated alkanes) is 10. The average molecular weight is 724 g/mol. The lowest BCUT2D eigenvalue weighted by molar-refractivity contribution is 0.398. The molecule has 55 heavy (non-hydrogen) atoms. The maximum Gasteiger partial charge on any atom is 0.0384 e. The van der Waals surface area contributed by atoms with Crippen molar-refractivity contribution in [1.29, 1.82) is 0 Å². The Morgan fingerprint density at radius 2 is 0.800 bits per heavy atom. The van der Waals surface area contributed by atoms with Crippen LogP contribution in [0.15, 0.2) is 146 Å². The van der Waals surface area contributed by atoms with E-state index in [4.69, 9.17) is 0 Å². The van der Waals surface area contributed by atoms with Gasteiger partial charge in [0.25, 0.3) is 0 Å². The maximum atomic E-state index is 3.56. The van der Waals surface area contributed by atoms with Crippen LogP contribution in [0, 0.1) is 0 Å². The van der Waals surface area contributed by atoms with E-state index in [1.54, 1.807) is 11.1 Å². The first-order chi connectivity index (χ1) is 27.2. The monoisotopic (exact) mass is 723 g/mol. The Hall–Kier alpha value is -4.88. The summed E-state index contributed by atoms with van der Waals surface area (Å²) in [5, 5.41) is 3.56. The molecule has 0 saturated carbocycles. The minimum Gasteiger partial charge on any atom is -0.356 e. The van der Waals surface area contributed by atoms with Crippen LogP contribution in [0.3, 0.4) is 0 Å². The molecule has 0 amide bonds. The van der Waals surface area contributed by atoms with Crippen LogP contribution in [0.5, 0.6) is 0 Å². The van der Waals surface area contributed by atoms with Crippen LogP contribution in [0.1, 0.15) is 126 Å². The van der Waals surface area contributed by atoms with Gasteiger partial charge in [-0.3, -0.25) is 0 Å². The van der Waals surface area contributed by atoms with Crippen LogP contribution < -0.4 is 5.32 Å². The van der Waals surface area contributed by atoms with Crippen molar-refractivity contribution >= 4 is 11.4 Å². The third kappa shape index (κ3) is 9.50. The average Bonchev–Trinajstić information content (AvgIpc) is 3.50. The van der Waals surface area contributed by atoms with Gasteiger partial charge in [-0.1, -0.05) is 200 Å². The second-order valence-corrected chi connectivity index (χ2v) is 16.1. The van der Waals surface area contributed by atoms with Gasteiger partial charge < -0.3 is 5.32 Å². The highest BCUT2D eigenvalue weighted by Crippen LogP contribution is 2.56. The lowest BCUT2D eigenvalue weighted by atomic mass is 9.70. The molecule has 0 atom stereocenters. The Labute approximate surface area is 332 Å². The first-order valence-electron chi connectivity index (χ1n) is 21.5. The minimum atomic E-state index is 0.0221. The lowest BCUT2D eigenvalue weighted by Crippen LogP contribution is -2.25. The molecule has 1 aliphatic carbocycles. The zero-order chi connectivity index (χ0) is 37.7. The molecule has 1 nitrogen and oxygen atoms in total. The number of fused-ring (bicyclic) bond motifs is 3. The Kier molecular flexibility index (Phi) is 13.4. The molecular weight excluding hydrogens is 663 g/mol. The third-order valence-corrected chi connectivity index (χ3v) is 12.1. The highest BCUT2D eigenvalue weighted by molar-refractivity contribution is 5.86. The van der Waals surface area contributed by atoms with E-state index in [-0.39, 0.29) is 5.41 Å². The molecule has 7 rings (SSSR count). The summed E-state index contributed by atoms with van der Waals surface area (Å²) in [4.78, 5) is 0. The van der Waals surface area contributed by atoms with Gasteiger partial charge in [0.15, 0.2) is 0 Å². The van der Waals surface area contributed by atoms with Crippen molar-refractivity contribution in [2.45, 2.75) is 116 Å². The summed E-state index contributed by atoms with van der Waals surface area (Å²) in [6, 6.07) is 54.5. The van der Waals surface area contributed by atoms with Crippen LogP contribution >= 0.6 is 0 Å². The topological polar surface area (TPSA) is 12.0 Å². The molecule has 282 valence electrons. The van der Waals surface area contributed by atoms with E-state index in [0.29, 0.717) is 0 Å². The molecule has 6 aromatic carbocycles. The summed E-state index contributed by atoms with van der Waals surface area (Å²) >= 11 is 0. The standard InChI is InChI=1S/C54H61N/c1-3-5-7-9-11-19-37-54(38-20-12-10-8-6-4-2)52-40-46(44-27-25-43(26-28-44)39-42-21-15-13-16-22-42)31-35-50(52)51-36-32-47(41-53(51)54)45-29-33-49(34-30-45)55-48-23-17-14-18-24-48/h13-18,21-36,40-41,55H,3-12,19-20,37-39H2,1-2H3. The van der Waals surface area contributed by atoms with Crippen molar-refractivity contribution < 1.29 is 0 Å². The van der Waals surface area contributed by atoms with Crippen molar-refractivity contribution in [3.8, 4) is 33.4 Å². The molecule has 0 aromatic heterocycles. The SMILES string of the molecule is CCCCCCCCC1(CCCCCCCC)c2cc(-c3ccc(Cc4ccccc4)cc3)ccc2-c2ccc(-c3ccc(Nc4ccccc4)cc3)cc21. The maximum absolute atomic E-state index is 3.56. The number of para-hydroxylation sites is 1. The highest BCUT2D eigenvalue weighted by Gasteiger charge is 2.42. The predicted molar refractivity (Wildman–Crippen MR) is 238 cm³/mol. The Bertz CT molecular complexity index is 1910. The van der Waals surface area contributed by atoms with E-state index < -0.39 is 0 Å². The van der Waals surface area contributed by atoms with Crippen molar-refractivity contribution in [2.24, 2.45) is 0 Å². The molecule has 6 aromatic rings. The number of hydrogen-bond acceptors (Lipinski definition) is 1. The fourth-order valence-electron chi connectivity index (χ4n) is 9.01. The normalized spacial score (nSPS) is 12.7. The van der Waals surface area contributed by atoms with Crippen LogP contribution in [0.2, 0.25) is 0 Å². The molecule has 0 fully saturated rings. The van der Waals surface area contributed by atoms with Gasteiger partial charge >= 0.3 is 0 Å². The van der Waals surface area contributed by atoms with Crippen LogP contribution in [0.25, 0.3) is 33.4 Å². The molecule has 1 aliphatic rings. The van der Waals surface area contributed by atoms with Crippen LogP contribution in [-0.4, -0.2) is 0 Å². The fourth-order valence-corrected chi connectivity index (χ4v) is 9.01. The number of anilines is 2. The van der Waals surface area contributed by atoms with Gasteiger partial charge in [-0.2, -0.15) is 0 Å². The summed E-state index contributed by atoms with van der Waals surface area (Å²) < 4.78 is 0. The summed E-state index contributed by atoms with van der Waals surface area (Å²) in [7, 11) is 0. The second kappa shape index (κ2) is 19.1. The Morgan fingerprint density at radius 1 is 0.382 bits per heavy atom. The lowest BCUT2D eigenvalue weighted by Gasteiger charge is -2.33. The molecule has 0 spiro atoms. The van der Waals surface area contributed by atoms with Crippen LogP contribution in [0.4, 0.5) is 11.4 Å². The summed E-state index contributed by atoms with van der Waals surface area (Å²) in [6.07, 6.45) is 19.3. The summed E-state index contributed by atoms with van der Waals surface area (Å²) in [5.74, 6) is 0. The molecule has 0 heterocycles. The van der Waals surface area contributed by atoms with Gasteiger partial charge in [0.2, 0.25) is 0 Å². The zero-order valence-electron chi connectivity index (χ0n) is 33.5. The Morgan fingerprint density at radius 3 is 1.33 bits per heavy atom. The van der Waals surface area contributed by atoms with Crippen LogP contribution in [-0.2, 0) is 11.8 Å². The van der Waals surface area contributed by atoms with E-state index in [0.717, 1.165) is 17.8 Å². The van der Waals surface area contributed by atoms with Crippen molar-refractivity contribution in [2.75, 3.05) is 5.32 Å². The molecule has 0 unspecified atom stereocenters. The summed E-state index contributed by atoms with van der Waals surface area (Å²) in [6.45, 7) is 4.64. The number of hydrogen-bond donors (Lipinski definition) is 1. The number of nitrogens with one attached hydrogen (secondary N) is 1. The summed E-state index contributed by atoms with van der Waals surface area (Å²) in [5.41, 5.74) is 16.2. The van der Waals surface area contributed by atoms with E-state index in [9.17, 15) is 0 Å². The van der Waals surface area contributed by atoms with E-state index >= 15 is 0 Å². The van der Waals surface area contributed by atoms with E-state index in [2.05, 4.69) is 165 Å². The van der Waals surface area contributed by atoms with Gasteiger partial charge in [-0.05, 0) is 111 Å². The molecule has 0 bridgehead atoms. The first-order valence-corrected chi connectivity index (χ1v) is 21.5. The van der Waals surface area contributed by atoms with Gasteiger partial charge in [-0.15, -0.1) is 0 Å². The molecule has 0 saturated heterocycles.